The van der Waals surface area contributed by atoms with Gasteiger partial charge in [-0.25, -0.2) is 0 Å². The van der Waals surface area contributed by atoms with Gasteiger partial charge in [-0.3, -0.25) is 4.90 Å². The predicted molar refractivity (Wildman–Crippen MR) is 86.4 cm³/mol. The minimum Gasteiger partial charge on any atom is -0.497 e. The van der Waals surface area contributed by atoms with Gasteiger partial charge in [-0.2, -0.15) is 0 Å². The molecule has 0 aromatic heterocycles. The van der Waals surface area contributed by atoms with E-state index in [1.54, 1.807) is 7.11 Å². The lowest BCUT2D eigenvalue weighted by molar-refractivity contribution is 0.140. The monoisotopic (exact) mass is 281 g/mol. The van der Waals surface area contributed by atoms with Crippen LogP contribution >= 0.6 is 0 Å². The maximum absolute atomic E-state index is 5.38. The van der Waals surface area contributed by atoms with Crippen molar-refractivity contribution in [3.8, 4) is 5.75 Å². The lowest BCUT2D eigenvalue weighted by Crippen LogP contribution is -2.32. The van der Waals surface area contributed by atoms with Crippen molar-refractivity contribution in [3.05, 3.63) is 65.7 Å². The first-order valence-corrected chi connectivity index (χ1v) is 7.79. The Hall–Kier alpha value is -1.80. The smallest absolute Gasteiger partial charge is 0.119 e. The summed E-state index contributed by atoms with van der Waals surface area (Å²) < 4.78 is 5.38. The first kappa shape index (κ1) is 14.2. The molecule has 21 heavy (non-hydrogen) atoms. The number of likely N-dealkylation sites (tertiary alicyclic amines) is 1. The maximum atomic E-state index is 5.38. The molecule has 1 atom stereocenters. The average Bonchev–Trinajstić information content (AvgIpc) is 2.56. The molecule has 0 N–H and O–H groups in total. The molecule has 0 radical (unpaired) electrons. The SMILES string of the molecule is COc1cccc([C@@H]2CCCCN2Cc2ccccc2)c1. The highest BCUT2D eigenvalue weighted by Crippen LogP contribution is 2.33. The van der Waals surface area contributed by atoms with E-state index in [-0.39, 0.29) is 0 Å². The van der Waals surface area contributed by atoms with Crippen molar-refractivity contribution >= 4 is 0 Å². The molecule has 1 heterocycles. The maximum Gasteiger partial charge on any atom is 0.119 e. The lowest BCUT2D eigenvalue weighted by Gasteiger charge is -2.36. The molecule has 2 nitrogen and oxygen atoms in total. The van der Waals surface area contributed by atoms with Gasteiger partial charge in [0.1, 0.15) is 5.75 Å². The van der Waals surface area contributed by atoms with Gasteiger partial charge in [0.2, 0.25) is 0 Å². The van der Waals surface area contributed by atoms with E-state index < -0.39 is 0 Å². The molecule has 0 bridgehead atoms. The minimum atomic E-state index is 0.508. The largest absolute Gasteiger partial charge is 0.497 e. The number of rotatable bonds is 4. The second kappa shape index (κ2) is 6.77. The third kappa shape index (κ3) is 3.45. The summed E-state index contributed by atoms with van der Waals surface area (Å²) in [5, 5.41) is 0. The number of piperidine rings is 1. The Bertz CT molecular complexity index is 567. The Labute approximate surface area is 127 Å². The van der Waals surface area contributed by atoms with Gasteiger partial charge in [0.15, 0.2) is 0 Å². The fourth-order valence-electron chi connectivity index (χ4n) is 3.22. The highest BCUT2D eigenvalue weighted by atomic mass is 16.5. The third-order valence-corrected chi connectivity index (χ3v) is 4.32. The first-order valence-electron chi connectivity index (χ1n) is 7.79. The van der Waals surface area contributed by atoms with Crippen molar-refractivity contribution in [1.82, 2.24) is 4.90 Å². The number of hydrogen-bond acceptors (Lipinski definition) is 2. The predicted octanol–water partition coefficient (Wildman–Crippen LogP) is 4.42. The van der Waals surface area contributed by atoms with Crippen LogP contribution in [-0.4, -0.2) is 18.6 Å². The van der Waals surface area contributed by atoms with Crippen LogP contribution in [0.25, 0.3) is 0 Å². The molecule has 2 aromatic carbocycles. The molecule has 0 amide bonds. The van der Waals surface area contributed by atoms with Gasteiger partial charge in [0, 0.05) is 12.6 Å². The summed E-state index contributed by atoms with van der Waals surface area (Å²) in [5.74, 6) is 0.956. The van der Waals surface area contributed by atoms with E-state index in [0.29, 0.717) is 6.04 Å². The fourth-order valence-corrected chi connectivity index (χ4v) is 3.22. The number of methoxy groups -OCH3 is 1. The fraction of sp³-hybridized carbons (Fsp3) is 0.368. The quantitative estimate of drug-likeness (QED) is 0.822. The van der Waals surface area contributed by atoms with Crippen LogP contribution in [-0.2, 0) is 6.54 Å². The van der Waals surface area contributed by atoms with Crippen LogP contribution in [0.3, 0.4) is 0 Å². The van der Waals surface area contributed by atoms with Gasteiger partial charge in [-0.15, -0.1) is 0 Å². The summed E-state index contributed by atoms with van der Waals surface area (Å²) >= 11 is 0. The van der Waals surface area contributed by atoms with Gasteiger partial charge in [-0.1, -0.05) is 48.9 Å². The summed E-state index contributed by atoms with van der Waals surface area (Å²) in [4.78, 5) is 2.60. The molecule has 0 unspecified atom stereocenters. The zero-order valence-electron chi connectivity index (χ0n) is 12.7. The Morgan fingerprint density at radius 2 is 1.90 bits per heavy atom. The average molecular weight is 281 g/mol. The van der Waals surface area contributed by atoms with Crippen LogP contribution in [0.15, 0.2) is 54.6 Å². The Kier molecular flexibility index (Phi) is 4.56. The van der Waals surface area contributed by atoms with Crippen LogP contribution in [0.4, 0.5) is 0 Å². The summed E-state index contributed by atoms with van der Waals surface area (Å²) in [5.41, 5.74) is 2.78. The number of ether oxygens (including phenoxy) is 1. The van der Waals surface area contributed by atoms with Gasteiger partial charge >= 0.3 is 0 Å². The van der Waals surface area contributed by atoms with E-state index in [0.717, 1.165) is 12.3 Å². The van der Waals surface area contributed by atoms with Crippen molar-refractivity contribution in [2.45, 2.75) is 31.8 Å². The summed E-state index contributed by atoms with van der Waals surface area (Å²) in [7, 11) is 1.74. The number of hydrogen-bond donors (Lipinski definition) is 0. The molecular formula is C19H23NO. The Morgan fingerprint density at radius 1 is 1.05 bits per heavy atom. The van der Waals surface area contributed by atoms with Gasteiger partial charge in [-0.05, 0) is 42.6 Å². The highest BCUT2D eigenvalue weighted by molar-refractivity contribution is 5.31. The molecule has 1 fully saturated rings. The first-order chi connectivity index (χ1) is 10.4. The molecule has 2 heteroatoms. The van der Waals surface area contributed by atoms with Crippen molar-refractivity contribution < 1.29 is 4.74 Å². The molecule has 2 aromatic rings. The molecule has 1 aliphatic heterocycles. The summed E-state index contributed by atoms with van der Waals surface area (Å²) in [6, 6.07) is 19.8. The van der Waals surface area contributed by atoms with E-state index in [9.17, 15) is 0 Å². The van der Waals surface area contributed by atoms with E-state index >= 15 is 0 Å². The molecule has 110 valence electrons. The van der Waals surface area contributed by atoms with Crippen LogP contribution in [0.5, 0.6) is 5.75 Å². The van der Waals surface area contributed by atoms with Crippen LogP contribution in [0, 0.1) is 0 Å². The van der Waals surface area contributed by atoms with E-state index in [2.05, 4.69) is 53.4 Å². The molecular weight excluding hydrogens is 258 g/mol. The Morgan fingerprint density at radius 3 is 2.71 bits per heavy atom. The Balaban J connectivity index is 1.80. The van der Waals surface area contributed by atoms with E-state index in [1.807, 2.05) is 6.07 Å². The van der Waals surface area contributed by atoms with Crippen LogP contribution in [0.2, 0.25) is 0 Å². The standard InChI is InChI=1S/C19H23NO/c1-21-18-11-7-10-17(14-18)19-12-5-6-13-20(19)15-16-8-3-2-4-9-16/h2-4,7-11,14,19H,5-6,12-13,15H2,1H3/t19-/m0/s1. The van der Waals surface area contributed by atoms with Gasteiger partial charge < -0.3 is 4.74 Å². The second-order valence-corrected chi connectivity index (χ2v) is 5.74. The molecule has 3 rings (SSSR count). The van der Waals surface area contributed by atoms with Crippen LogP contribution in [0.1, 0.15) is 36.4 Å². The van der Waals surface area contributed by atoms with Crippen molar-refractivity contribution in [2.24, 2.45) is 0 Å². The molecule has 0 spiro atoms. The van der Waals surface area contributed by atoms with E-state index in [4.69, 9.17) is 4.74 Å². The zero-order valence-corrected chi connectivity index (χ0v) is 12.7. The topological polar surface area (TPSA) is 12.5 Å². The molecule has 0 aliphatic carbocycles. The van der Waals surface area contributed by atoms with Gasteiger partial charge in [0.05, 0.1) is 7.11 Å². The van der Waals surface area contributed by atoms with E-state index in [1.165, 1.54) is 36.9 Å². The van der Waals surface area contributed by atoms with Gasteiger partial charge in [0.25, 0.3) is 0 Å². The highest BCUT2D eigenvalue weighted by Gasteiger charge is 2.24. The third-order valence-electron chi connectivity index (χ3n) is 4.32. The second-order valence-electron chi connectivity index (χ2n) is 5.74. The normalized spacial score (nSPS) is 19.4. The molecule has 1 saturated heterocycles. The number of benzene rings is 2. The molecule has 0 saturated carbocycles. The zero-order chi connectivity index (χ0) is 14.5. The minimum absolute atomic E-state index is 0.508. The summed E-state index contributed by atoms with van der Waals surface area (Å²) in [6.07, 6.45) is 3.85. The van der Waals surface area contributed by atoms with Crippen LogP contribution < -0.4 is 4.74 Å². The summed E-state index contributed by atoms with van der Waals surface area (Å²) in [6.45, 7) is 2.21. The lowest BCUT2D eigenvalue weighted by atomic mass is 9.94. The van der Waals surface area contributed by atoms with Crippen molar-refractivity contribution in [3.63, 3.8) is 0 Å². The van der Waals surface area contributed by atoms with Crippen molar-refractivity contribution in [1.29, 1.82) is 0 Å². The number of nitrogens with zero attached hydrogens (tertiary/aromatic N) is 1. The van der Waals surface area contributed by atoms with Crippen molar-refractivity contribution in [2.75, 3.05) is 13.7 Å². The molecule has 1 aliphatic rings.